The zero-order chi connectivity index (χ0) is 18.9. The predicted octanol–water partition coefficient (Wildman–Crippen LogP) is 2.20. The Morgan fingerprint density at radius 3 is 2.54 bits per heavy atom. The standard InChI is InChI=1S/C15H17ClN4O5S/c1-11-8-13(20(21)22)9-14(16)15(11)18-3-5-19(6-4-18)26(23,24)10-12-2-7-25-17-12/h2,7-9H,3-6,10H2,1H3. The van der Waals surface area contributed by atoms with Crippen molar-refractivity contribution in [3.63, 3.8) is 0 Å². The van der Waals surface area contributed by atoms with Gasteiger partial charge >= 0.3 is 0 Å². The second-order valence-electron chi connectivity index (χ2n) is 5.98. The average Bonchev–Trinajstić information content (AvgIpc) is 3.07. The van der Waals surface area contributed by atoms with E-state index in [0.717, 1.165) is 0 Å². The summed E-state index contributed by atoms with van der Waals surface area (Å²) in [5, 5.41) is 14.9. The van der Waals surface area contributed by atoms with Gasteiger partial charge in [0.15, 0.2) is 0 Å². The van der Waals surface area contributed by atoms with Crippen molar-refractivity contribution in [2.24, 2.45) is 0 Å². The summed E-state index contributed by atoms with van der Waals surface area (Å²) in [7, 11) is -3.49. The summed E-state index contributed by atoms with van der Waals surface area (Å²) in [6, 6.07) is 4.31. The third-order valence-corrected chi connectivity index (χ3v) is 6.32. The first kappa shape index (κ1) is 18.6. The molecule has 0 aliphatic carbocycles. The molecule has 1 aliphatic rings. The van der Waals surface area contributed by atoms with Gasteiger partial charge in [-0.25, -0.2) is 8.42 Å². The lowest BCUT2D eigenvalue weighted by atomic mass is 10.1. The SMILES string of the molecule is Cc1cc([N+](=O)[O-])cc(Cl)c1N1CCN(S(=O)(=O)Cc2ccon2)CC1. The van der Waals surface area contributed by atoms with E-state index < -0.39 is 14.9 Å². The highest BCUT2D eigenvalue weighted by atomic mass is 35.5. The minimum absolute atomic E-state index is 0.0647. The molecular formula is C15H17ClN4O5S. The summed E-state index contributed by atoms with van der Waals surface area (Å²) in [5.41, 5.74) is 1.68. The molecule has 9 nitrogen and oxygen atoms in total. The Hall–Kier alpha value is -2.17. The van der Waals surface area contributed by atoms with Gasteiger partial charge in [-0.05, 0) is 12.5 Å². The number of aromatic nitrogens is 1. The fourth-order valence-corrected chi connectivity index (χ4v) is 4.81. The first-order valence-corrected chi connectivity index (χ1v) is 9.83. The molecule has 1 saturated heterocycles. The number of anilines is 1. The van der Waals surface area contributed by atoms with Gasteiger partial charge in [0.25, 0.3) is 5.69 Å². The number of nitrogens with zero attached hydrogens (tertiary/aromatic N) is 4. The van der Waals surface area contributed by atoms with E-state index in [0.29, 0.717) is 43.1 Å². The van der Waals surface area contributed by atoms with Crippen molar-refractivity contribution < 1.29 is 17.9 Å². The van der Waals surface area contributed by atoms with Gasteiger partial charge < -0.3 is 9.42 Å². The molecule has 0 amide bonds. The maximum atomic E-state index is 12.5. The summed E-state index contributed by atoms with van der Waals surface area (Å²) in [6.45, 7) is 3.23. The summed E-state index contributed by atoms with van der Waals surface area (Å²) < 4.78 is 31.0. The maximum Gasteiger partial charge on any atom is 0.271 e. The van der Waals surface area contributed by atoms with E-state index in [1.807, 2.05) is 4.90 Å². The molecule has 1 aliphatic heterocycles. The fraction of sp³-hybridized carbons (Fsp3) is 0.400. The zero-order valence-electron chi connectivity index (χ0n) is 14.0. The van der Waals surface area contributed by atoms with E-state index in [2.05, 4.69) is 9.68 Å². The highest BCUT2D eigenvalue weighted by molar-refractivity contribution is 7.88. The number of halogens is 1. The van der Waals surface area contributed by atoms with Crippen molar-refractivity contribution in [3.8, 4) is 0 Å². The van der Waals surface area contributed by atoms with Crippen LogP contribution in [0.25, 0.3) is 0 Å². The van der Waals surface area contributed by atoms with Crippen LogP contribution in [0.5, 0.6) is 0 Å². The topological polar surface area (TPSA) is 110 Å². The molecule has 1 aromatic carbocycles. The van der Waals surface area contributed by atoms with Gasteiger partial charge in [-0.1, -0.05) is 16.8 Å². The number of non-ortho nitro benzene ring substituents is 1. The van der Waals surface area contributed by atoms with Crippen molar-refractivity contribution in [1.82, 2.24) is 9.46 Å². The van der Waals surface area contributed by atoms with Gasteiger partial charge in [0.2, 0.25) is 10.0 Å². The molecular weight excluding hydrogens is 384 g/mol. The van der Waals surface area contributed by atoms with E-state index >= 15 is 0 Å². The molecule has 0 atom stereocenters. The molecule has 0 N–H and O–H groups in total. The van der Waals surface area contributed by atoms with Crippen LogP contribution in [0.4, 0.5) is 11.4 Å². The van der Waals surface area contributed by atoms with E-state index in [1.54, 1.807) is 6.92 Å². The molecule has 0 unspecified atom stereocenters. The van der Waals surface area contributed by atoms with Crippen LogP contribution in [0, 0.1) is 17.0 Å². The van der Waals surface area contributed by atoms with Crippen LogP contribution in [-0.4, -0.2) is 49.0 Å². The van der Waals surface area contributed by atoms with Crippen LogP contribution in [0.3, 0.4) is 0 Å². The van der Waals surface area contributed by atoms with Crippen molar-refractivity contribution in [1.29, 1.82) is 0 Å². The molecule has 3 rings (SSSR count). The third kappa shape index (κ3) is 3.81. The normalized spacial score (nSPS) is 16.0. The Balaban J connectivity index is 1.72. The lowest BCUT2D eigenvalue weighted by Gasteiger charge is -2.36. The molecule has 0 radical (unpaired) electrons. The zero-order valence-corrected chi connectivity index (χ0v) is 15.5. The molecule has 1 fully saturated rings. The van der Waals surface area contributed by atoms with Gasteiger partial charge in [-0.15, -0.1) is 0 Å². The number of aryl methyl sites for hydroxylation is 1. The molecule has 0 saturated carbocycles. The minimum atomic E-state index is -3.49. The number of hydrogen-bond acceptors (Lipinski definition) is 7. The summed E-state index contributed by atoms with van der Waals surface area (Å²) >= 11 is 6.24. The van der Waals surface area contributed by atoms with Crippen LogP contribution in [-0.2, 0) is 15.8 Å². The van der Waals surface area contributed by atoms with Crippen molar-refractivity contribution in [2.45, 2.75) is 12.7 Å². The molecule has 11 heteroatoms. The second-order valence-corrected chi connectivity index (χ2v) is 8.36. The summed E-state index contributed by atoms with van der Waals surface area (Å²) in [5.74, 6) is -0.208. The summed E-state index contributed by atoms with van der Waals surface area (Å²) in [4.78, 5) is 12.4. The number of sulfonamides is 1. The van der Waals surface area contributed by atoms with Crippen LogP contribution >= 0.6 is 11.6 Å². The van der Waals surface area contributed by atoms with Gasteiger partial charge in [-0.2, -0.15) is 4.31 Å². The van der Waals surface area contributed by atoms with Gasteiger partial charge in [0.1, 0.15) is 12.0 Å². The number of nitro groups is 1. The highest BCUT2D eigenvalue weighted by Crippen LogP contribution is 2.34. The molecule has 26 heavy (non-hydrogen) atoms. The molecule has 140 valence electrons. The van der Waals surface area contributed by atoms with E-state index in [4.69, 9.17) is 11.6 Å². The lowest BCUT2D eigenvalue weighted by molar-refractivity contribution is -0.384. The first-order chi connectivity index (χ1) is 12.3. The van der Waals surface area contributed by atoms with Gasteiger partial charge in [0, 0.05) is 44.4 Å². The lowest BCUT2D eigenvalue weighted by Crippen LogP contribution is -2.49. The molecule has 1 aromatic heterocycles. The van der Waals surface area contributed by atoms with Gasteiger partial charge in [0.05, 0.1) is 21.3 Å². The quantitative estimate of drug-likeness (QED) is 0.558. The van der Waals surface area contributed by atoms with Crippen molar-refractivity contribution >= 4 is 33.0 Å². The van der Waals surface area contributed by atoms with Crippen LogP contribution in [0.1, 0.15) is 11.3 Å². The van der Waals surface area contributed by atoms with Crippen molar-refractivity contribution in [2.75, 3.05) is 31.1 Å². The van der Waals surface area contributed by atoms with Crippen LogP contribution < -0.4 is 4.90 Å². The minimum Gasteiger partial charge on any atom is -0.367 e. The maximum absolute atomic E-state index is 12.5. The molecule has 0 spiro atoms. The average molecular weight is 401 g/mol. The van der Waals surface area contributed by atoms with Gasteiger partial charge in [-0.3, -0.25) is 10.1 Å². The monoisotopic (exact) mass is 400 g/mol. The van der Waals surface area contributed by atoms with E-state index in [-0.39, 0.29) is 16.5 Å². The third-order valence-electron chi connectivity index (χ3n) is 4.22. The van der Waals surface area contributed by atoms with E-state index in [9.17, 15) is 18.5 Å². The molecule has 2 aromatic rings. The fourth-order valence-electron chi connectivity index (χ4n) is 3.00. The Labute approximate surface area is 155 Å². The number of rotatable bonds is 5. The smallest absolute Gasteiger partial charge is 0.271 e. The van der Waals surface area contributed by atoms with Crippen molar-refractivity contribution in [3.05, 3.63) is 50.9 Å². The highest BCUT2D eigenvalue weighted by Gasteiger charge is 2.29. The van der Waals surface area contributed by atoms with Crippen LogP contribution in [0.2, 0.25) is 5.02 Å². The number of piperazine rings is 1. The Bertz CT molecular complexity index is 885. The number of benzene rings is 1. The Morgan fingerprint density at radius 2 is 2.00 bits per heavy atom. The number of nitro benzene ring substituents is 1. The largest absolute Gasteiger partial charge is 0.367 e. The van der Waals surface area contributed by atoms with E-state index in [1.165, 1.54) is 28.8 Å². The first-order valence-electron chi connectivity index (χ1n) is 7.84. The summed E-state index contributed by atoms with van der Waals surface area (Å²) in [6.07, 6.45) is 1.34. The molecule has 0 bridgehead atoms. The molecule has 2 heterocycles. The Morgan fingerprint density at radius 1 is 1.31 bits per heavy atom. The number of hydrogen-bond donors (Lipinski definition) is 0. The van der Waals surface area contributed by atoms with Crippen LogP contribution in [0.15, 0.2) is 29.0 Å². The predicted molar refractivity (Wildman–Crippen MR) is 95.8 cm³/mol. The Kier molecular flexibility index (Phi) is 5.17. The second kappa shape index (κ2) is 7.22.